The summed E-state index contributed by atoms with van der Waals surface area (Å²) in [6, 6.07) is 10.2. The van der Waals surface area contributed by atoms with E-state index in [9.17, 15) is 14.4 Å². The first-order chi connectivity index (χ1) is 23.2. The zero-order valence-electron chi connectivity index (χ0n) is 27.7. The van der Waals surface area contributed by atoms with Crippen LogP contribution in [0.25, 0.3) is 0 Å². The summed E-state index contributed by atoms with van der Waals surface area (Å²) < 4.78 is 36.0. The number of ether oxygens (including phenoxy) is 3. The van der Waals surface area contributed by atoms with Gasteiger partial charge in [-0.3, -0.25) is 14.4 Å². The lowest BCUT2D eigenvalue weighted by Crippen LogP contribution is -2.46. The molecule has 13 heteroatoms. The van der Waals surface area contributed by atoms with Crippen LogP contribution in [0, 0.1) is 11.3 Å². The lowest BCUT2D eigenvalue weighted by Gasteiger charge is -2.44. The molecule has 5 aliphatic rings. The Bertz CT molecular complexity index is 1810. The van der Waals surface area contributed by atoms with E-state index in [4.69, 9.17) is 24.2 Å². The summed E-state index contributed by atoms with van der Waals surface area (Å²) in [6.45, 7) is 6.01. The third-order valence-corrected chi connectivity index (χ3v) is 10.8. The van der Waals surface area contributed by atoms with Crippen molar-refractivity contribution in [1.29, 1.82) is 5.26 Å². The number of nitriles is 1. The molecule has 4 atom stereocenters. The van der Waals surface area contributed by atoms with Gasteiger partial charge in [0.15, 0.2) is 5.69 Å². The van der Waals surface area contributed by atoms with Crippen LogP contribution in [0.3, 0.4) is 0 Å². The van der Waals surface area contributed by atoms with Gasteiger partial charge in [0.1, 0.15) is 24.2 Å². The first-order valence-corrected chi connectivity index (χ1v) is 16.9. The fourth-order valence-corrected chi connectivity index (χ4v) is 8.46. The molecule has 0 radical (unpaired) electrons. The summed E-state index contributed by atoms with van der Waals surface area (Å²) >= 11 is 0. The molecule has 252 valence electrons. The molecule has 7 heterocycles. The number of aromatic nitrogens is 4. The van der Waals surface area contributed by atoms with Gasteiger partial charge in [-0.15, -0.1) is 0 Å². The molecule has 2 saturated heterocycles. The van der Waals surface area contributed by atoms with Crippen LogP contribution in [0.2, 0.25) is 0 Å². The number of halogens is 1. The van der Waals surface area contributed by atoms with E-state index in [-0.39, 0.29) is 36.8 Å². The monoisotopic (exact) mass is 656 g/mol. The topological polar surface area (TPSA) is 122 Å². The maximum Gasteiger partial charge on any atom is 0.318 e. The third-order valence-electron chi connectivity index (χ3n) is 10.8. The van der Waals surface area contributed by atoms with E-state index in [1.54, 1.807) is 14.1 Å². The van der Waals surface area contributed by atoms with Crippen molar-refractivity contribution in [2.45, 2.75) is 82.1 Å². The number of hydrogen-bond donors (Lipinski definition) is 0. The standard InChI is InChI=1S/C35H41FN8O4/c1-22-26-8-4-7-23(16-37)30(26)35(21-46-22)15-29-27(19-48-35)31(39-33(38-29)47-20-34-9-5-11-43(34)17-24(36)14-34)42-10-6-12-44-25(18-42)13-28(40-44)32(45)41(2)3/h4,7-8,13,22,24H,5-6,9-12,14-15,17-21H2,1-3H3. The Morgan fingerprint density at radius 2 is 2.10 bits per heavy atom. The van der Waals surface area contributed by atoms with Crippen molar-refractivity contribution in [2.24, 2.45) is 0 Å². The number of rotatable bonds is 5. The number of anilines is 1. The molecule has 1 amide bonds. The minimum Gasteiger partial charge on any atom is -0.461 e. The van der Waals surface area contributed by atoms with Gasteiger partial charge in [-0.25, -0.2) is 4.39 Å². The van der Waals surface area contributed by atoms with Crippen molar-refractivity contribution in [3.05, 3.63) is 63.6 Å². The van der Waals surface area contributed by atoms with E-state index in [0.717, 1.165) is 59.7 Å². The number of carbonyl (C=O) groups excluding carboxylic acids is 1. The van der Waals surface area contributed by atoms with Crippen LogP contribution < -0.4 is 9.64 Å². The molecule has 3 aromatic rings. The van der Waals surface area contributed by atoms with Gasteiger partial charge in [0.2, 0.25) is 0 Å². The molecule has 1 spiro atoms. The molecular formula is C35H41FN8O4. The highest BCUT2D eigenvalue weighted by Crippen LogP contribution is 2.47. The van der Waals surface area contributed by atoms with E-state index in [1.165, 1.54) is 4.90 Å². The normalized spacial score (nSPS) is 27.9. The van der Waals surface area contributed by atoms with Gasteiger partial charge in [0, 0.05) is 57.7 Å². The average molecular weight is 657 g/mol. The molecule has 2 fully saturated rings. The molecule has 2 aromatic heterocycles. The number of aryl methyl sites for hydroxylation is 1. The quantitative estimate of drug-likeness (QED) is 0.402. The highest BCUT2D eigenvalue weighted by molar-refractivity contribution is 5.92. The van der Waals surface area contributed by atoms with Gasteiger partial charge in [-0.1, -0.05) is 12.1 Å². The van der Waals surface area contributed by atoms with Crippen molar-refractivity contribution in [3.63, 3.8) is 0 Å². The van der Waals surface area contributed by atoms with Gasteiger partial charge in [0.25, 0.3) is 5.91 Å². The summed E-state index contributed by atoms with van der Waals surface area (Å²) in [7, 11) is 3.45. The zero-order chi connectivity index (χ0) is 33.2. The van der Waals surface area contributed by atoms with Crippen LogP contribution in [0.5, 0.6) is 6.01 Å². The molecular weight excluding hydrogens is 615 g/mol. The number of hydrogen-bond acceptors (Lipinski definition) is 10. The van der Waals surface area contributed by atoms with Crippen LogP contribution in [0.4, 0.5) is 10.2 Å². The van der Waals surface area contributed by atoms with Crippen LogP contribution >= 0.6 is 0 Å². The van der Waals surface area contributed by atoms with Gasteiger partial charge in [0.05, 0.1) is 54.4 Å². The molecule has 0 bridgehead atoms. The predicted octanol–water partition coefficient (Wildman–Crippen LogP) is 3.67. The maximum atomic E-state index is 14.6. The molecule has 0 N–H and O–H groups in total. The Labute approximate surface area is 279 Å². The summed E-state index contributed by atoms with van der Waals surface area (Å²) in [5.41, 5.74) is 4.13. The molecule has 5 aliphatic heterocycles. The lowest BCUT2D eigenvalue weighted by molar-refractivity contribution is -0.148. The summed E-state index contributed by atoms with van der Waals surface area (Å²) in [4.78, 5) is 28.7. The first-order valence-electron chi connectivity index (χ1n) is 16.9. The fraction of sp³-hybridized carbons (Fsp3) is 0.571. The summed E-state index contributed by atoms with van der Waals surface area (Å²) in [5, 5.41) is 14.7. The first kappa shape index (κ1) is 31.2. The van der Waals surface area contributed by atoms with Crippen LogP contribution in [-0.2, 0) is 41.2 Å². The second-order valence-corrected chi connectivity index (χ2v) is 14.1. The van der Waals surface area contributed by atoms with E-state index in [1.807, 2.05) is 35.9 Å². The molecule has 8 rings (SSSR count). The molecule has 0 aliphatic carbocycles. The van der Waals surface area contributed by atoms with Crippen molar-refractivity contribution in [1.82, 2.24) is 29.5 Å². The number of alkyl halides is 1. The Morgan fingerprint density at radius 1 is 1.23 bits per heavy atom. The predicted molar refractivity (Wildman–Crippen MR) is 172 cm³/mol. The van der Waals surface area contributed by atoms with Crippen LogP contribution in [-0.4, -0.2) is 94.1 Å². The van der Waals surface area contributed by atoms with E-state index in [2.05, 4.69) is 21.0 Å². The molecule has 12 nitrogen and oxygen atoms in total. The Balaban J connectivity index is 1.18. The summed E-state index contributed by atoms with van der Waals surface area (Å²) in [6.07, 6.45) is 2.50. The average Bonchev–Trinajstić information content (AvgIpc) is 3.71. The number of carbonyl (C=O) groups is 1. The smallest absolute Gasteiger partial charge is 0.318 e. The van der Waals surface area contributed by atoms with Gasteiger partial charge in [-0.2, -0.15) is 20.3 Å². The largest absolute Gasteiger partial charge is 0.461 e. The molecule has 48 heavy (non-hydrogen) atoms. The maximum absolute atomic E-state index is 14.6. The highest BCUT2D eigenvalue weighted by Gasteiger charge is 2.50. The Morgan fingerprint density at radius 3 is 2.94 bits per heavy atom. The van der Waals surface area contributed by atoms with E-state index < -0.39 is 11.8 Å². The summed E-state index contributed by atoms with van der Waals surface area (Å²) in [5.74, 6) is 0.578. The number of fused-ring (bicyclic) bond motifs is 5. The van der Waals surface area contributed by atoms with Gasteiger partial charge in [-0.05, 0) is 50.4 Å². The van der Waals surface area contributed by atoms with Crippen molar-refractivity contribution >= 4 is 11.7 Å². The van der Waals surface area contributed by atoms with Gasteiger partial charge < -0.3 is 24.0 Å². The minimum absolute atomic E-state index is 0.139. The van der Waals surface area contributed by atoms with Crippen molar-refractivity contribution in [3.8, 4) is 12.1 Å². The molecule has 1 aromatic carbocycles. The number of amides is 1. The Kier molecular flexibility index (Phi) is 7.65. The van der Waals surface area contributed by atoms with Crippen LogP contribution in [0.1, 0.15) is 82.8 Å². The molecule has 4 unspecified atom stereocenters. The SMILES string of the molecule is CC1OCC2(Cc3nc(OCC45CCCN4CC(F)C5)nc(N4CCCn5nc(C(=O)N(C)C)cc5C4)c3CO2)c2c(C#N)cccc21. The van der Waals surface area contributed by atoms with E-state index >= 15 is 0 Å². The third kappa shape index (κ3) is 5.12. The minimum atomic E-state index is -0.892. The molecule has 0 saturated carbocycles. The number of nitrogens with zero attached hydrogens (tertiary/aromatic N) is 8. The fourth-order valence-electron chi connectivity index (χ4n) is 8.46. The number of benzene rings is 1. The van der Waals surface area contributed by atoms with E-state index in [0.29, 0.717) is 56.9 Å². The van der Waals surface area contributed by atoms with Crippen LogP contribution in [0.15, 0.2) is 24.3 Å². The second kappa shape index (κ2) is 11.8. The second-order valence-electron chi connectivity index (χ2n) is 14.1. The zero-order valence-corrected chi connectivity index (χ0v) is 27.7. The Hall–Kier alpha value is -4.12. The van der Waals surface area contributed by atoms with Gasteiger partial charge >= 0.3 is 6.01 Å². The highest BCUT2D eigenvalue weighted by atomic mass is 19.1. The van der Waals surface area contributed by atoms with Crippen molar-refractivity contribution in [2.75, 3.05) is 51.8 Å². The van der Waals surface area contributed by atoms with Crippen molar-refractivity contribution < 1.29 is 23.4 Å². The lowest BCUT2D eigenvalue weighted by atomic mass is 9.78.